The van der Waals surface area contributed by atoms with Gasteiger partial charge in [0.25, 0.3) is 0 Å². The number of thioether (sulfide) groups is 1. The average Bonchev–Trinajstić information content (AvgIpc) is 2.58. The van der Waals surface area contributed by atoms with Crippen LogP contribution >= 0.6 is 11.8 Å². The van der Waals surface area contributed by atoms with Crippen LogP contribution in [0.15, 0.2) is 35.2 Å². The van der Waals surface area contributed by atoms with Gasteiger partial charge in [-0.2, -0.15) is 0 Å². The molecular formula is C11H8O3S. The fourth-order valence-corrected chi connectivity index (χ4v) is 1.73. The number of ether oxygens (including phenoxy) is 1. The van der Waals surface area contributed by atoms with Gasteiger partial charge in [-0.25, -0.2) is 9.59 Å². The zero-order valence-electron chi connectivity index (χ0n) is 8.02. The van der Waals surface area contributed by atoms with E-state index in [1.807, 2.05) is 18.4 Å². The third-order valence-corrected chi connectivity index (χ3v) is 2.82. The fourth-order valence-electron chi connectivity index (χ4n) is 1.32. The van der Waals surface area contributed by atoms with Gasteiger partial charge in [-0.15, -0.1) is 11.8 Å². The zero-order valence-corrected chi connectivity index (χ0v) is 8.84. The van der Waals surface area contributed by atoms with Crippen LogP contribution in [0, 0.1) is 0 Å². The molecule has 0 atom stereocenters. The minimum absolute atomic E-state index is 0.327. The van der Waals surface area contributed by atoms with Crippen LogP contribution < -0.4 is 0 Å². The van der Waals surface area contributed by atoms with E-state index in [0.717, 1.165) is 4.90 Å². The van der Waals surface area contributed by atoms with Crippen LogP contribution in [0.3, 0.4) is 0 Å². The molecule has 1 aromatic rings. The Morgan fingerprint density at radius 2 is 1.80 bits per heavy atom. The minimum atomic E-state index is -0.594. The van der Waals surface area contributed by atoms with E-state index in [4.69, 9.17) is 0 Å². The van der Waals surface area contributed by atoms with Crippen molar-refractivity contribution in [3.05, 3.63) is 35.9 Å². The Morgan fingerprint density at radius 3 is 2.27 bits per heavy atom. The maximum atomic E-state index is 11.2. The normalized spacial score (nSPS) is 15.1. The summed E-state index contributed by atoms with van der Waals surface area (Å²) in [4.78, 5) is 23.2. The Hall–Kier alpha value is -1.55. The molecule has 0 bridgehead atoms. The van der Waals surface area contributed by atoms with Crippen molar-refractivity contribution >= 4 is 29.3 Å². The number of hydrogen-bond donors (Lipinski definition) is 0. The van der Waals surface area contributed by atoms with Crippen molar-refractivity contribution in [3.8, 4) is 0 Å². The Labute approximate surface area is 91.1 Å². The fraction of sp³-hybridized carbons (Fsp3) is 0.0909. The van der Waals surface area contributed by atoms with Gasteiger partial charge in [-0.3, -0.25) is 0 Å². The van der Waals surface area contributed by atoms with Gasteiger partial charge >= 0.3 is 11.9 Å². The average molecular weight is 220 g/mol. The van der Waals surface area contributed by atoms with Crippen molar-refractivity contribution in [2.45, 2.75) is 4.90 Å². The number of carbonyl (C=O) groups excluding carboxylic acids is 2. The van der Waals surface area contributed by atoms with Crippen molar-refractivity contribution < 1.29 is 14.3 Å². The SMILES string of the molecule is CSc1ccc(C2=CC(=O)OC2=O)cc1. The predicted octanol–water partition coefficient (Wildman–Crippen LogP) is 1.88. The number of hydrogen-bond acceptors (Lipinski definition) is 4. The van der Waals surface area contributed by atoms with Crippen LogP contribution in [0.25, 0.3) is 5.57 Å². The Bertz CT molecular complexity index is 445. The Morgan fingerprint density at radius 1 is 1.13 bits per heavy atom. The van der Waals surface area contributed by atoms with E-state index in [9.17, 15) is 9.59 Å². The molecule has 2 rings (SSSR count). The molecule has 1 aromatic carbocycles. The summed E-state index contributed by atoms with van der Waals surface area (Å²) in [5.41, 5.74) is 1.04. The van der Waals surface area contributed by atoms with Gasteiger partial charge in [0.2, 0.25) is 0 Å². The van der Waals surface area contributed by atoms with E-state index in [0.29, 0.717) is 11.1 Å². The molecule has 0 fully saturated rings. The Kier molecular flexibility index (Phi) is 2.60. The van der Waals surface area contributed by atoms with Gasteiger partial charge < -0.3 is 4.74 Å². The maximum Gasteiger partial charge on any atom is 0.346 e. The zero-order chi connectivity index (χ0) is 10.8. The quantitative estimate of drug-likeness (QED) is 0.433. The summed E-state index contributed by atoms with van der Waals surface area (Å²) in [6.45, 7) is 0. The first-order chi connectivity index (χ1) is 7.20. The number of benzene rings is 1. The lowest BCUT2D eigenvalue weighted by atomic mass is 10.1. The molecular weight excluding hydrogens is 212 g/mol. The van der Waals surface area contributed by atoms with E-state index >= 15 is 0 Å². The van der Waals surface area contributed by atoms with Crippen molar-refractivity contribution in [2.75, 3.05) is 6.26 Å². The van der Waals surface area contributed by atoms with Gasteiger partial charge in [0, 0.05) is 11.0 Å². The standard InChI is InChI=1S/C11H8O3S/c1-15-8-4-2-7(3-5-8)9-6-10(12)14-11(9)13/h2-6H,1H3. The molecule has 0 radical (unpaired) electrons. The molecule has 0 saturated heterocycles. The second kappa shape index (κ2) is 3.90. The van der Waals surface area contributed by atoms with Crippen molar-refractivity contribution in [1.82, 2.24) is 0 Å². The maximum absolute atomic E-state index is 11.2. The molecule has 0 unspecified atom stereocenters. The van der Waals surface area contributed by atoms with Crippen LogP contribution in [0.2, 0.25) is 0 Å². The molecule has 0 saturated carbocycles. The minimum Gasteiger partial charge on any atom is -0.386 e. The summed E-state index contributed by atoms with van der Waals surface area (Å²) in [6, 6.07) is 7.41. The van der Waals surface area contributed by atoms with Crippen LogP contribution in [0.4, 0.5) is 0 Å². The molecule has 15 heavy (non-hydrogen) atoms. The number of rotatable bonds is 2. The summed E-state index contributed by atoms with van der Waals surface area (Å²) in [5, 5.41) is 0. The third-order valence-electron chi connectivity index (χ3n) is 2.08. The molecule has 0 spiro atoms. The number of cyclic esters (lactones) is 2. The molecule has 0 aromatic heterocycles. The highest BCUT2D eigenvalue weighted by atomic mass is 32.2. The van der Waals surface area contributed by atoms with Crippen molar-refractivity contribution in [2.24, 2.45) is 0 Å². The van der Waals surface area contributed by atoms with Gasteiger partial charge in [0.05, 0.1) is 5.57 Å². The van der Waals surface area contributed by atoms with Crippen LogP contribution in [0.1, 0.15) is 5.56 Å². The van der Waals surface area contributed by atoms with Gasteiger partial charge in [0.15, 0.2) is 0 Å². The largest absolute Gasteiger partial charge is 0.386 e. The monoisotopic (exact) mass is 220 g/mol. The molecule has 0 N–H and O–H groups in total. The first kappa shape index (κ1) is 9.98. The van der Waals surface area contributed by atoms with E-state index in [2.05, 4.69) is 4.74 Å². The lowest BCUT2D eigenvalue weighted by Gasteiger charge is -2.00. The van der Waals surface area contributed by atoms with E-state index in [-0.39, 0.29) is 0 Å². The summed E-state index contributed by atoms with van der Waals surface area (Å²) < 4.78 is 4.41. The second-order valence-electron chi connectivity index (χ2n) is 3.00. The van der Waals surface area contributed by atoms with E-state index in [1.54, 1.807) is 23.9 Å². The first-order valence-electron chi connectivity index (χ1n) is 4.33. The number of esters is 2. The highest BCUT2D eigenvalue weighted by molar-refractivity contribution is 7.98. The van der Waals surface area contributed by atoms with Crippen LogP contribution in [-0.2, 0) is 14.3 Å². The van der Waals surface area contributed by atoms with Gasteiger partial charge in [-0.1, -0.05) is 12.1 Å². The number of carbonyl (C=O) groups is 2. The molecule has 76 valence electrons. The van der Waals surface area contributed by atoms with Gasteiger partial charge in [-0.05, 0) is 24.0 Å². The molecule has 1 aliphatic rings. The molecule has 4 heteroatoms. The smallest absolute Gasteiger partial charge is 0.346 e. The summed E-state index contributed by atoms with van der Waals surface area (Å²) >= 11 is 1.62. The molecule has 1 heterocycles. The van der Waals surface area contributed by atoms with Crippen molar-refractivity contribution in [3.63, 3.8) is 0 Å². The highest BCUT2D eigenvalue weighted by Gasteiger charge is 2.24. The van der Waals surface area contributed by atoms with Crippen molar-refractivity contribution in [1.29, 1.82) is 0 Å². The lowest BCUT2D eigenvalue weighted by Crippen LogP contribution is -2.01. The predicted molar refractivity (Wildman–Crippen MR) is 57.3 cm³/mol. The molecule has 1 aliphatic heterocycles. The molecule has 0 aliphatic carbocycles. The van der Waals surface area contributed by atoms with Crippen LogP contribution in [0.5, 0.6) is 0 Å². The highest BCUT2D eigenvalue weighted by Crippen LogP contribution is 2.23. The summed E-state index contributed by atoms with van der Waals surface area (Å²) in [7, 11) is 0. The van der Waals surface area contributed by atoms with Gasteiger partial charge in [0.1, 0.15) is 0 Å². The summed E-state index contributed by atoms with van der Waals surface area (Å²) in [6.07, 6.45) is 3.19. The third kappa shape index (κ3) is 1.94. The topological polar surface area (TPSA) is 43.4 Å². The molecule has 3 nitrogen and oxygen atoms in total. The Balaban J connectivity index is 2.34. The summed E-state index contributed by atoms with van der Waals surface area (Å²) in [5.74, 6) is -1.17. The van der Waals surface area contributed by atoms with Crippen LogP contribution in [-0.4, -0.2) is 18.2 Å². The molecule has 0 amide bonds. The second-order valence-corrected chi connectivity index (χ2v) is 3.87. The first-order valence-corrected chi connectivity index (χ1v) is 5.55. The lowest BCUT2D eigenvalue weighted by molar-refractivity contribution is -0.149. The van der Waals surface area contributed by atoms with E-state index < -0.39 is 11.9 Å². The van der Waals surface area contributed by atoms with E-state index in [1.165, 1.54) is 6.08 Å².